The zero-order valence-corrected chi connectivity index (χ0v) is 28.1. The van der Waals surface area contributed by atoms with E-state index in [0.717, 1.165) is 36.3 Å². The molecule has 0 aromatic heterocycles. The van der Waals surface area contributed by atoms with Crippen molar-refractivity contribution in [3.8, 4) is 22.3 Å². The van der Waals surface area contributed by atoms with Crippen LogP contribution in [0.1, 0.15) is 34.6 Å². The number of aliphatic hydroxyl groups is 2. The van der Waals surface area contributed by atoms with E-state index < -0.39 is 59.8 Å². The fraction of sp³-hybridized carbons (Fsp3) is 0.243. The summed E-state index contributed by atoms with van der Waals surface area (Å²) in [5, 5.41) is 32.5. The molecule has 0 spiro atoms. The third-order valence-electron chi connectivity index (χ3n) is 7.92. The number of rotatable bonds is 12. The number of carbonyl (C=O) groups is 4. The average Bonchev–Trinajstić information content (AvgIpc) is 3.16. The second-order valence-electron chi connectivity index (χ2n) is 11.8. The summed E-state index contributed by atoms with van der Waals surface area (Å²) in [6.07, 6.45) is -6.59. The number of benzene rings is 4. The Morgan fingerprint density at radius 1 is 0.577 bits per heavy atom. The number of carbonyl (C=O) groups excluding carboxylic acids is 4. The molecule has 0 saturated carbocycles. The minimum absolute atomic E-state index is 0.102. The molecule has 0 bridgehead atoms. The van der Waals surface area contributed by atoms with Crippen molar-refractivity contribution in [2.75, 3.05) is 7.11 Å². The van der Waals surface area contributed by atoms with Gasteiger partial charge in [0.1, 0.15) is 6.04 Å². The normalized spacial score (nSPS) is 14.4. The van der Waals surface area contributed by atoms with Gasteiger partial charge in [0.25, 0.3) is 30.6 Å². The number of hydrogen-bond donors (Lipinski definition) is 6. The van der Waals surface area contributed by atoms with Gasteiger partial charge in [0.2, 0.25) is 0 Å². The Morgan fingerprint density at radius 2 is 0.904 bits per heavy atom. The molecule has 0 fully saturated rings. The fourth-order valence-corrected chi connectivity index (χ4v) is 4.67. The predicted molar refractivity (Wildman–Crippen MR) is 181 cm³/mol. The Hall–Kier alpha value is -5.64. The summed E-state index contributed by atoms with van der Waals surface area (Å²) in [5.41, 5.74) is -0.629. The predicted octanol–water partition coefficient (Wildman–Crippen LogP) is 4.61. The van der Waals surface area contributed by atoms with Crippen molar-refractivity contribution < 1.29 is 56.9 Å². The minimum atomic E-state index is -3.33. The number of hydrogen-bond acceptors (Lipinski definition) is 8. The van der Waals surface area contributed by atoms with Gasteiger partial charge in [0.05, 0.1) is 7.11 Å². The largest absolute Gasteiger partial charge is 0.467 e. The molecule has 0 aliphatic rings. The number of alkyl halides is 4. The highest BCUT2D eigenvalue weighted by molar-refractivity contribution is 5.98. The molecular formula is C37H37F4N3O8. The second kappa shape index (κ2) is 18.0. The SMILES string of the molecule is COC(=O)[C@@H](NC(=O)c1ccc(-c2ccccc2)cc1)[C@](C)(O)C(F)F.C[C@@](O)(C(F)F)[C@H](NC(=O)c1ccc(-c2ccccc2)cc1)C(=O)NO. The number of nitrogens with one attached hydrogen (secondary N) is 3. The van der Waals surface area contributed by atoms with E-state index >= 15 is 0 Å². The molecule has 4 rings (SSSR count). The lowest BCUT2D eigenvalue weighted by Crippen LogP contribution is -2.61. The van der Waals surface area contributed by atoms with Crippen LogP contribution in [0.5, 0.6) is 0 Å². The number of halogens is 4. The summed E-state index contributed by atoms with van der Waals surface area (Å²) in [6.45, 7) is 1.45. The van der Waals surface area contributed by atoms with E-state index in [1.165, 1.54) is 29.7 Å². The van der Waals surface area contributed by atoms with Gasteiger partial charge in [-0.05, 0) is 60.4 Å². The van der Waals surface area contributed by atoms with Crippen LogP contribution in [0.3, 0.4) is 0 Å². The Balaban J connectivity index is 0.000000280. The first kappa shape index (κ1) is 40.8. The van der Waals surface area contributed by atoms with Crippen LogP contribution in [0.15, 0.2) is 109 Å². The molecule has 0 unspecified atom stereocenters. The standard InChI is InChI=1S/C19H19F2NO4.C18H18F2N2O4/c1-19(25,18(20)21)15(17(24)26-2)22-16(23)14-10-8-13(9-11-14)12-6-4-3-5-7-12;1-18(25,17(19)20)14(16(24)22-26)21-15(23)13-9-7-12(8-10-13)11-5-3-2-4-6-11/h3-11,15,18,25H,1-2H3,(H,22,23);2-10,14,17,25-26H,1H3,(H,21,23)(H,22,24)/t15-,19+;14-,18+/m11/s1. The summed E-state index contributed by atoms with van der Waals surface area (Å²) >= 11 is 0. The molecule has 4 atom stereocenters. The van der Waals surface area contributed by atoms with Crippen molar-refractivity contribution in [3.05, 3.63) is 120 Å². The lowest BCUT2D eigenvalue weighted by molar-refractivity contribution is -0.160. The van der Waals surface area contributed by atoms with E-state index in [4.69, 9.17) is 5.21 Å². The summed E-state index contributed by atoms with van der Waals surface area (Å²) < 4.78 is 56.5. The van der Waals surface area contributed by atoms with Crippen LogP contribution in [0.4, 0.5) is 17.6 Å². The van der Waals surface area contributed by atoms with Crippen molar-refractivity contribution in [3.63, 3.8) is 0 Å². The third kappa shape index (κ3) is 10.2. The van der Waals surface area contributed by atoms with Crippen LogP contribution in [-0.4, -0.2) is 82.4 Å². The Morgan fingerprint density at radius 3 is 1.23 bits per heavy atom. The monoisotopic (exact) mass is 727 g/mol. The molecule has 0 aliphatic carbocycles. The average molecular weight is 728 g/mol. The van der Waals surface area contributed by atoms with Crippen molar-refractivity contribution >= 4 is 23.7 Å². The zero-order chi connectivity index (χ0) is 38.6. The molecule has 276 valence electrons. The van der Waals surface area contributed by atoms with E-state index in [2.05, 4.69) is 10.1 Å². The molecule has 0 heterocycles. The van der Waals surface area contributed by atoms with E-state index in [9.17, 15) is 47.0 Å². The van der Waals surface area contributed by atoms with Gasteiger partial charge >= 0.3 is 5.97 Å². The first-order chi connectivity index (χ1) is 24.5. The van der Waals surface area contributed by atoms with E-state index in [1.54, 1.807) is 24.3 Å². The Bertz CT molecular complexity index is 1660. The van der Waals surface area contributed by atoms with Crippen LogP contribution < -0.4 is 16.1 Å². The van der Waals surface area contributed by atoms with Gasteiger partial charge in [-0.2, -0.15) is 0 Å². The van der Waals surface area contributed by atoms with Crippen LogP contribution in [0.2, 0.25) is 0 Å². The highest BCUT2D eigenvalue weighted by Crippen LogP contribution is 2.24. The molecule has 11 nitrogen and oxygen atoms in total. The number of esters is 1. The van der Waals surface area contributed by atoms with Crippen LogP contribution in [-0.2, 0) is 14.3 Å². The smallest absolute Gasteiger partial charge is 0.331 e. The Kier molecular flexibility index (Phi) is 14.1. The molecule has 4 aromatic rings. The molecule has 3 amide bonds. The molecule has 4 aromatic carbocycles. The van der Waals surface area contributed by atoms with Gasteiger partial charge in [0, 0.05) is 11.1 Å². The van der Waals surface area contributed by atoms with Gasteiger partial charge < -0.3 is 25.6 Å². The highest BCUT2D eigenvalue weighted by Gasteiger charge is 2.47. The third-order valence-corrected chi connectivity index (χ3v) is 7.92. The summed E-state index contributed by atoms with van der Waals surface area (Å²) in [5.74, 6) is -4.14. The first-order valence-electron chi connectivity index (χ1n) is 15.5. The maximum Gasteiger partial charge on any atom is 0.331 e. The van der Waals surface area contributed by atoms with E-state index in [-0.39, 0.29) is 11.1 Å². The topological polar surface area (TPSA) is 174 Å². The lowest BCUT2D eigenvalue weighted by atomic mass is 9.95. The maximum atomic E-state index is 13.0. The van der Waals surface area contributed by atoms with Crippen LogP contribution in [0, 0.1) is 0 Å². The van der Waals surface area contributed by atoms with Gasteiger partial charge in [-0.1, -0.05) is 84.9 Å². The maximum absolute atomic E-state index is 13.0. The molecule has 15 heteroatoms. The minimum Gasteiger partial charge on any atom is -0.467 e. The summed E-state index contributed by atoms with van der Waals surface area (Å²) in [6, 6.07) is 27.5. The molecule has 6 N–H and O–H groups in total. The number of hydroxylamine groups is 1. The summed E-state index contributed by atoms with van der Waals surface area (Å²) in [4.78, 5) is 47.9. The van der Waals surface area contributed by atoms with Gasteiger partial charge in [-0.15, -0.1) is 0 Å². The summed E-state index contributed by atoms with van der Waals surface area (Å²) in [7, 11) is 0.984. The first-order valence-corrected chi connectivity index (χ1v) is 15.5. The van der Waals surface area contributed by atoms with Gasteiger partial charge in [0.15, 0.2) is 17.2 Å². The molecule has 0 radical (unpaired) electrons. The molecule has 52 heavy (non-hydrogen) atoms. The number of amides is 3. The van der Waals surface area contributed by atoms with Gasteiger partial charge in [-0.25, -0.2) is 27.8 Å². The van der Waals surface area contributed by atoms with Crippen molar-refractivity contribution in [2.45, 2.75) is 50.0 Å². The van der Waals surface area contributed by atoms with E-state index in [0.29, 0.717) is 6.92 Å². The number of methoxy groups -OCH3 is 1. The molecular weight excluding hydrogens is 690 g/mol. The van der Waals surface area contributed by atoms with E-state index in [1.807, 2.05) is 66.0 Å². The fourth-order valence-electron chi connectivity index (χ4n) is 4.67. The van der Waals surface area contributed by atoms with Crippen LogP contribution in [0.25, 0.3) is 22.3 Å². The molecule has 0 saturated heterocycles. The van der Waals surface area contributed by atoms with Gasteiger partial charge in [-0.3, -0.25) is 19.6 Å². The number of ether oxygens (including phenoxy) is 1. The Labute approximate surface area is 296 Å². The van der Waals surface area contributed by atoms with Crippen LogP contribution >= 0.6 is 0 Å². The second-order valence-corrected chi connectivity index (χ2v) is 11.8. The van der Waals surface area contributed by atoms with Crippen molar-refractivity contribution in [1.29, 1.82) is 0 Å². The highest BCUT2D eigenvalue weighted by atomic mass is 19.3. The lowest BCUT2D eigenvalue weighted by Gasteiger charge is -2.30. The molecule has 0 aliphatic heterocycles. The quantitative estimate of drug-likeness (QED) is 0.0531. The van der Waals surface area contributed by atoms with Crippen molar-refractivity contribution in [1.82, 2.24) is 16.1 Å². The van der Waals surface area contributed by atoms with Crippen molar-refractivity contribution in [2.24, 2.45) is 0 Å². The zero-order valence-electron chi connectivity index (χ0n) is 28.1.